The SMILES string of the molecule is O=C1C=C(c2ccc3c(C(=O)NCC4CCC(F)(F)CC4)c(Cl)ccc3n2)CC1. The van der Waals surface area contributed by atoms with Crippen LogP contribution in [0.1, 0.15) is 54.6 Å². The highest BCUT2D eigenvalue weighted by Crippen LogP contribution is 2.36. The lowest BCUT2D eigenvalue weighted by molar-refractivity contribution is -0.114. The standard InChI is InChI=1S/C22H21ClF2N2O2/c23-17-4-6-19-16(3-5-18(27-19)14-1-2-15(28)11-14)20(17)21(29)26-12-13-7-9-22(24,25)10-8-13/h3-6,11,13H,1-2,7-10,12H2,(H,26,29). The van der Waals surface area contributed by atoms with Crippen molar-refractivity contribution in [1.29, 1.82) is 0 Å². The van der Waals surface area contributed by atoms with Crippen LogP contribution in [-0.4, -0.2) is 29.1 Å². The van der Waals surface area contributed by atoms with E-state index >= 15 is 0 Å². The highest BCUT2D eigenvalue weighted by Gasteiger charge is 2.35. The topological polar surface area (TPSA) is 59.1 Å². The number of hydrogen-bond donors (Lipinski definition) is 1. The van der Waals surface area contributed by atoms with Gasteiger partial charge in [0.05, 0.1) is 21.8 Å². The van der Waals surface area contributed by atoms with Crippen LogP contribution in [0, 0.1) is 5.92 Å². The third-order valence-electron chi connectivity index (χ3n) is 5.74. The summed E-state index contributed by atoms with van der Waals surface area (Å²) in [4.78, 5) is 28.9. The number of ketones is 1. The molecule has 0 aliphatic heterocycles. The molecule has 4 nitrogen and oxygen atoms in total. The lowest BCUT2D eigenvalue weighted by Gasteiger charge is -2.28. The van der Waals surface area contributed by atoms with Crippen molar-refractivity contribution < 1.29 is 18.4 Å². The quantitative estimate of drug-likeness (QED) is 0.743. The maximum absolute atomic E-state index is 13.3. The van der Waals surface area contributed by atoms with E-state index in [1.54, 1.807) is 30.3 Å². The molecule has 2 aromatic rings. The van der Waals surface area contributed by atoms with Gasteiger partial charge in [0.2, 0.25) is 5.92 Å². The molecule has 152 valence electrons. The lowest BCUT2D eigenvalue weighted by Crippen LogP contribution is -2.34. The second-order valence-electron chi connectivity index (χ2n) is 7.83. The first kappa shape index (κ1) is 20.0. The van der Waals surface area contributed by atoms with Crippen molar-refractivity contribution in [1.82, 2.24) is 10.3 Å². The molecule has 1 aromatic carbocycles. The summed E-state index contributed by atoms with van der Waals surface area (Å²) in [7, 11) is 0. The van der Waals surface area contributed by atoms with Crippen LogP contribution in [0.15, 0.2) is 30.3 Å². The summed E-state index contributed by atoms with van der Waals surface area (Å²) in [6.07, 6.45) is 3.31. The maximum Gasteiger partial charge on any atom is 0.253 e. The normalized spacial score (nSPS) is 19.4. The van der Waals surface area contributed by atoms with E-state index in [2.05, 4.69) is 10.3 Å². The van der Waals surface area contributed by atoms with E-state index in [1.165, 1.54) is 0 Å². The molecule has 0 atom stereocenters. The zero-order chi connectivity index (χ0) is 20.6. The number of hydrogen-bond acceptors (Lipinski definition) is 3. The summed E-state index contributed by atoms with van der Waals surface area (Å²) < 4.78 is 26.6. The van der Waals surface area contributed by atoms with Gasteiger partial charge in [-0.15, -0.1) is 0 Å². The molecule has 0 spiro atoms. The molecule has 7 heteroatoms. The van der Waals surface area contributed by atoms with Gasteiger partial charge >= 0.3 is 0 Å². The van der Waals surface area contributed by atoms with Gasteiger partial charge in [-0.1, -0.05) is 11.6 Å². The Hall–Kier alpha value is -2.34. The summed E-state index contributed by atoms with van der Waals surface area (Å²) in [6.45, 7) is 0.349. The summed E-state index contributed by atoms with van der Waals surface area (Å²) in [6, 6.07) is 6.97. The van der Waals surface area contributed by atoms with Crippen molar-refractivity contribution in [3.63, 3.8) is 0 Å². The molecule has 2 aliphatic carbocycles. The second-order valence-corrected chi connectivity index (χ2v) is 8.24. The van der Waals surface area contributed by atoms with E-state index in [1.807, 2.05) is 0 Å². The van der Waals surface area contributed by atoms with Crippen LogP contribution >= 0.6 is 11.6 Å². The van der Waals surface area contributed by atoms with Gasteiger partial charge in [0.1, 0.15) is 0 Å². The van der Waals surface area contributed by atoms with Crippen molar-refractivity contribution in [2.24, 2.45) is 5.92 Å². The van der Waals surface area contributed by atoms with Crippen molar-refractivity contribution in [3.05, 3.63) is 46.6 Å². The van der Waals surface area contributed by atoms with Crippen LogP contribution in [-0.2, 0) is 4.79 Å². The van der Waals surface area contributed by atoms with Crippen LogP contribution in [0.5, 0.6) is 0 Å². The van der Waals surface area contributed by atoms with Gasteiger partial charge in [0.15, 0.2) is 5.78 Å². The van der Waals surface area contributed by atoms with Crippen molar-refractivity contribution in [3.8, 4) is 0 Å². The molecule has 1 saturated carbocycles. The minimum atomic E-state index is -2.58. The van der Waals surface area contributed by atoms with Crippen molar-refractivity contribution in [2.45, 2.75) is 44.4 Å². The first-order valence-corrected chi connectivity index (χ1v) is 10.2. The molecule has 4 rings (SSSR count). The summed E-state index contributed by atoms with van der Waals surface area (Å²) in [5.41, 5.74) is 2.57. The molecule has 0 radical (unpaired) electrons. The molecule has 1 heterocycles. The molecular formula is C22H21ClF2N2O2. The fourth-order valence-corrected chi connectivity index (χ4v) is 4.27. The van der Waals surface area contributed by atoms with Crippen LogP contribution in [0.3, 0.4) is 0 Å². The molecule has 1 fully saturated rings. The maximum atomic E-state index is 13.3. The summed E-state index contributed by atoms with van der Waals surface area (Å²) >= 11 is 6.30. The van der Waals surface area contributed by atoms with E-state index in [4.69, 9.17) is 11.6 Å². The molecule has 0 unspecified atom stereocenters. The van der Waals surface area contributed by atoms with Gasteiger partial charge in [-0.25, -0.2) is 13.8 Å². The Labute approximate surface area is 172 Å². The fraction of sp³-hybridized carbons (Fsp3) is 0.409. The Morgan fingerprint density at radius 3 is 2.62 bits per heavy atom. The number of pyridine rings is 1. The van der Waals surface area contributed by atoms with E-state index < -0.39 is 5.92 Å². The molecule has 29 heavy (non-hydrogen) atoms. The Balaban J connectivity index is 1.53. The lowest BCUT2D eigenvalue weighted by atomic mass is 9.87. The number of allylic oxidation sites excluding steroid dienone is 2. The zero-order valence-electron chi connectivity index (χ0n) is 15.8. The summed E-state index contributed by atoms with van der Waals surface area (Å²) in [5.74, 6) is -2.77. The number of nitrogens with one attached hydrogen (secondary N) is 1. The van der Waals surface area contributed by atoms with E-state index in [0.29, 0.717) is 53.7 Å². The minimum absolute atomic E-state index is 0.0453. The largest absolute Gasteiger partial charge is 0.352 e. The van der Waals surface area contributed by atoms with E-state index in [-0.39, 0.29) is 30.4 Å². The molecule has 2 aliphatic rings. The van der Waals surface area contributed by atoms with Crippen LogP contribution in [0.4, 0.5) is 8.78 Å². The Morgan fingerprint density at radius 1 is 1.17 bits per heavy atom. The molecule has 0 saturated heterocycles. The average molecular weight is 419 g/mol. The first-order valence-electron chi connectivity index (χ1n) is 9.81. The minimum Gasteiger partial charge on any atom is -0.352 e. The van der Waals surface area contributed by atoms with Crippen LogP contribution in [0.2, 0.25) is 5.02 Å². The second kappa shape index (κ2) is 7.82. The van der Waals surface area contributed by atoms with Gasteiger partial charge in [-0.3, -0.25) is 9.59 Å². The van der Waals surface area contributed by atoms with Gasteiger partial charge in [-0.05, 0) is 61.1 Å². The number of amides is 1. The highest BCUT2D eigenvalue weighted by molar-refractivity contribution is 6.35. The van der Waals surface area contributed by atoms with E-state index in [0.717, 1.165) is 11.3 Å². The van der Waals surface area contributed by atoms with Crippen molar-refractivity contribution in [2.75, 3.05) is 6.54 Å². The third kappa shape index (κ3) is 4.32. The Bertz CT molecular complexity index is 1010. The highest BCUT2D eigenvalue weighted by atomic mass is 35.5. The smallest absolute Gasteiger partial charge is 0.253 e. The first-order chi connectivity index (χ1) is 13.8. The van der Waals surface area contributed by atoms with Gasteiger partial charge in [-0.2, -0.15) is 0 Å². The van der Waals surface area contributed by atoms with Gasteiger partial charge < -0.3 is 5.32 Å². The van der Waals surface area contributed by atoms with Crippen LogP contribution < -0.4 is 5.32 Å². The molecular weight excluding hydrogens is 398 g/mol. The third-order valence-corrected chi connectivity index (χ3v) is 6.06. The molecule has 1 amide bonds. The number of benzene rings is 1. The number of aromatic nitrogens is 1. The molecule has 0 bridgehead atoms. The van der Waals surface area contributed by atoms with E-state index in [9.17, 15) is 18.4 Å². The molecule has 1 aromatic heterocycles. The fourth-order valence-electron chi connectivity index (χ4n) is 4.02. The number of carbonyl (C=O) groups excluding carboxylic acids is 2. The van der Waals surface area contributed by atoms with Crippen molar-refractivity contribution >= 4 is 39.8 Å². The number of halogens is 3. The average Bonchev–Trinajstić information content (AvgIpc) is 3.13. The number of rotatable bonds is 4. The van der Waals surface area contributed by atoms with Gasteiger partial charge in [0, 0.05) is 31.2 Å². The number of carbonyl (C=O) groups is 2. The summed E-state index contributed by atoms with van der Waals surface area (Å²) in [5, 5.41) is 3.79. The predicted octanol–water partition coefficient (Wildman–Crippen LogP) is 5.19. The Morgan fingerprint density at radius 2 is 1.93 bits per heavy atom. The van der Waals surface area contributed by atoms with Crippen LogP contribution in [0.25, 0.3) is 16.5 Å². The number of nitrogens with zero attached hydrogens (tertiary/aromatic N) is 1. The van der Waals surface area contributed by atoms with Gasteiger partial charge in [0.25, 0.3) is 5.91 Å². The number of fused-ring (bicyclic) bond motifs is 1. The zero-order valence-corrected chi connectivity index (χ0v) is 16.6. The molecule has 1 N–H and O–H groups in total. The predicted molar refractivity (Wildman–Crippen MR) is 108 cm³/mol. The Kier molecular flexibility index (Phi) is 5.38. The number of alkyl halides is 2. The monoisotopic (exact) mass is 418 g/mol.